The number of carbonyl (C=O) groups excluding carboxylic acids is 1. The summed E-state index contributed by atoms with van der Waals surface area (Å²) in [7, 11) is 0. The molecule has 3 nitrogen and oxygen atoms in total. The van der Waals surface area contributed by atoms with E-state index in [0.29, 0.717) is 5.91 Å². The smallest absolute Gasteiger partial charge is 0.230 e. The number of rotatable bonds is 1. The number of benzene rings is 1. The summed E-state index contributed by atoms with van der Waals surface area (Å²) in [6.07, 6.45) is 2.95. The molecule has 3 rings (SSSR count). The zero-order valence-electron chi connectivity index (χ0n) is 13.4. The van der Waals surface area contributed by atoms with Crippen molar-refractivity contribution in [1.29, 1.82) is 0 Å². The van der Waals surface area contributed by atoms with E-state index in [2.05, 4.69) is 44.3 Å². The van der Waals surface area contributed by atoms with Gasteiger partial charge in [-0.05, 0) is 55.0 Å². The van der Waals surface area contributed by atoms with Crippen LogP contribution in [0.25, 0.3) is 0 Å². The van der Waals surface area contributed by atoms with Crippen LogP contribution in [0.4, 0.5) is 5.69 Å². The molecule has 0 bridgehead atoms. The van der Waals surface area contributed by atoms with Crippen LogP contribution in [0.5, 0.6) is 0 Å². The van der Waals surface area contributed by atoms with Crippen LogP contribution in [0.15, 0.2) is 18.2 Å². The summed E-state index contributed by atoms with van der Waals surface area (Å²) < 4.78 is 0. The Labute approximate surface area is 127 Å². The summed E-state index contributed by atoms with van der Waals surface area (Å²) in [5, 5.41) is 3.33. The largest absolute Gasteiger partial charge is 0.317 e. The molecule has 1 saturated heterocycles. The number of nitrogens with one attached hydrogen (secondary N) is 1. The van der Waals surface area contributed by atoms with Gasteiger partial charge in [-0.25, -0.2) is 0 Å². The van der Waals surface area contributed by atoms with Crippen molar-refractivity contribution >= 4 is 11.6 Å². The number of fused-ring (bicyclic) bond motifs is 1. The van der Waals surface area contributed by atoms with E-state index in [-0.39, 0.29) is 11.3 Å². The van der Waals surface area contributed by atoms with E-state index in [0.717, 1.165) is 44.6 Å². The van der Waals surface area contributed by atoms with Crippen molar-refractivity contribution in [2.24, 2.45) is 5.92 Å². The zero-order chi connectivity index (χ0) is 15.0. The molecule has 0 spiro atoms. The van der Waals surface area contributed by atoms with Gasteiger partial charge < -0.3 is 10.2 Å². The lowest BCUT2D eigenvalue weighted by atomic mass is 9.86. The average Bonchev–Trinajstić information content (AvgIpc) is 2.89. The maximum Gasteiger partial charge on any atom is 0.230 e. The number of nitrogens with zero attached hydrogens (tertiary/aromatic N) is 1. The first kappa shape index (κ1) is 14.6. The topological polar surface area (TPSA) is 32.3 Å². The van der Waals surface area contributed by atoms with Gasteiger partial charge in [-0.3, -0.25) is 4.79 Å². The Balaban J connectivity index is 1.82. The standard InChI is InChI=1S/C18H26N2O/c1-18(2,3)15-4-5-16-14(12-15)8-11-20(16)17(21)13-6-9-19-10-7-13/h4-5,12-13,19H,6-11H2,1-3H3. The van der Waals surface area contributed by atoms with Gasteiger partial charge in [-0.15, -0.1) is 0 Å². The summed E-state index contributed by atoms with van der Waals surface area (Å²) in [6, 6.07) is 6.64. The molecule has 1 fully saturated rings. The molecule has 2 aliphatic heterocycles. The van der Waals surface area contributed by atoms with Gasteiger partial charge in [0.2, 0.25) is 5.91 Å². The normalized spacial score (nSPS) is 19.7. The summed E-state index contributed by atoms with van der Waals surface area (Å²) in [4.78, 5) is 14.8. The van der Waals surface area contributed by atoms with E-state index in [9.17, 15) is 4.79 Å². The van der Waals surface area contributed by atoms with Crippen molar-refractivity contribution in [3.63, 3.8) is 0 Å². The Hall–Kier alpha value is -1.35. The van der Waals surface area contributed by atoms with Crippen molar-refractivity contribution in [3.8, 4) is 0 Å². The Morgan fingerprint density at radius 2 is 1.95 bits per heavy atom. The number of carbonyl (C=O) groups is 1. The molecule has 2 aliphatic rings. The van der Waals surface area contributed by atoms with E-state index < -0.39 is 0 Å². The first-order chi connectivity index (χ1) is 9.97. The molecular formula is C18H26N2O. The van der Waals surface area contributed by atoms with Crippen molar-refractivity contribution in [2.75, 3.05) is 24.5 Å². The number of piperidine rings is 1. The Bertz CT molecular complexity index is 539. The summed E-state index contributed by atoms with van der Waals surface area (Å²) >= 11 is 0. The van der Waals surface area contributed by atoms with E-state index in [4.69, 9.17) is 0 Å². The fourth-order valence-electron chi connectivity index (χ4n) is 3.39. The summed E-state index contributed by atoms with van der Waals surface area (Å²) in [5.41, 5.74) is 4.01. The lowest BCUT2D eigenvalue weighted by Gasteiger charge is -2.27. The third kappa shape index (κ3) is 2.84. The Kier molecular flexibility index (Phi) is 3.78. The minimum Gasteiger partial charge on any atom is -0.317 e. The SMILES string of the molecule is CC(C)(C)c1ccc2c(c1)CCN2C(=O)C1CCNCC1. The fraction of sp³-hybridized carbons (Fsp3) is 0.611. The number of hydrogen-bond donors (Lipinski definition) is 1. The monoisotopic (exact) mass is 286 g/mol. The number of amides is 1. The highest BCUT2D eigenvalue weighted by molar-refractivity contribution is 5.97. The van der Waals surface area contributed by atoms with Crippen LogP contribution >= 0.6 is 0 Å². The van der Waals surface area contributed by atoms with Crippen LogP contribution in [0.3, 0.4) is 0 Å². The minimum absolute atomic E-state index is 0.168. The molecule has 0 aromatic heterocycles. The molecule has 3 heteroatoms. The maximum atomic E-state index is 12.7. The molecular weight excluding hydrogens is 260 g/mol. The lowest BCUT2D eigenvalue weighted by Crippen LogP contribution is -2.40. The highest BCUT2D eigenvalue weighted by Gasteiger charge is 2.31. The van der Waals surface area contributed by atoms with Crippen LogP contribution in [0.1, 0.15) is 44.7 Å². The third-order valence-electron chi connectivity index (χ3n) is 4.80. The third-order valence-corrected chi connectivity index (χ3v) is 4.80. The molecule has 1 aromatic carbocycles. The highest BCUT2D eigenvalue weighted by Crippen LogP contribution is 2.34. The predicted octanol–water partition coefficient (Wildman–Crippen LogP) is 2.87. The van der Waals surface area contributed by atoms with Gasteiger partial charge in [0, 0.05) is 18.2 Å². The lowest BCUT2D eigenvalue weighted by molar-refractivity contribution is -0.123. The predicted molar refractivity (Wildman–Crippen MR) is 86.8 cm³/mol. The van der Waals surface area contributed by atoms with Crippen molar-refractivity contribution < 1.29 is 4.79 Å². The van der Waals surface area contributed by atoms with E-state index in [1.807, 2.05) is 4.90 Å². The molecule has 2 heterocycles. The molecule has 1 amide bonds. The minimum atomic E-state index is 0.168. The fourth-order valence-corrected chi connectivity index (χ4v) is 3.39. The first-order valence-electron chi connectivity index (χ1n) is 8.12. The second kappa shape index (κ2) is 5.45. The molecule has 0 saturated carbocycles. The molecule has 0 aliphatic carbocycles. The van der Waals surface area contributed by atoms with E-state index in [1.54, 1.807) is 0 Å². The summed E-state index contributed by atoms with van der Waals surface area (Å²) in [6.45, 7) is 9.51. The van der Waals surface area contributed by atoms with Gasteiger partial charge in [-0.2, -0.15) is 0 Å². The molecule has 1 aromatic rings. The summed E-state index contributed by atoms with van der Waals surface area (Å²) in [5.74, 6) is 0.540. The first-order valence-corrected chi connectivity index (χ1v) is 8.12. The molecule has 114 valence electrons. The van der Waals surface area contributed by atoms with Crippen LogP contribution in [0, 0.1) is 5.92 Å². The average molecular weight is 286 g/mol. The number of anilines is 1. The van der Waals surface area contributed by atoms with Crippen LogP contribution in [-0.4, -0.2) is 25.5 Å². The van der Waals surface area contributed by atoms with Crippen molar-refractivity contribution in [3.05, 3.63) is 29.3 Å². The van der Waals surface area contributed by atoms with Crippen molar-refractivity contribution in [1.82, 2.24) is 5.32 Å². The second-order valence-electron chi connectivity index (χ2n) is 7.36. The van der Waals surface area contributed by atoms with Gasteiger partial charge in [0.25, 0.3) is 0 Å². The van der Waals surface area contributed by atoms with Gasteiger partial charge in [0.05, 0.1) is 0 Å². The van der Waals surface area contributed by atoms with Crippen LogP contribution in [-0.2, 0) is 16.6 Å². The molecule has 0 radical (unpaired) electrons. The Morgan fingerprint density at radius 3 is 2.62 bits per heavy atom. The van der Waals surface area contributed by atoms with E-state index >= 15 is 0 Å². The van der Waals surface area contributed by atoms with Crippen LogP contribution in [0.2, 0.25) is 0 Å². The Morgan fingerprint density at radius 1 is 1.24 bits per heavy atom. The van der Waals surface area contributed by atoms with Crippen LogP contribution < -0.4 is 10.2 Å². The highest BCUT2D eigenvalue weighted by atomic mass is 16.2. The second-order valence-corrected chi connectivity index (χ2v) is 7.36. The molecule has 0 atom stereocenters. The maximum absolute atomic E-state index is 12.7. The van der Waals surface area contributed by atoms with Gasteiger partial charge in [0.1, 0.15) is 0 Å². The van der Waals surface area contributed by atoms with Gasteiger partial charge in [0.15, 0.2) is 0 Å². The quantitative estimate of drug-likeness (QED) is 0.861. The number of hydrogen-bond acceptors (Lipinski definition) is 2. The van der Waals surface area contributed by atoms with E-state index in [1.165, 1.54) is 11.1 Å². The van der Waals surface area contributed by atoms with Gasteiger partial charge >= 0.3 is 0 Å². The zero-order valence-corrected chi connectivity index (χ0v) is 13.4. The molecule has 0 unspecified atom stereocenters. The van der Waals surface area contributed by atoms with Crippen molar-refractivity contribution in [2.45, 2.75) is 45.4 Å². The molecule has 21 heavy (non-hydrogen) atoms. The molecule has 1 N–H and O–H groups in total. The van der Waals surface area contributed by atoms with Gasteiger partial charge in [-0.1, -0.05) is 32.9 Å².